The van der Waals surface area contributed by atoms with E-state index in [0.717, 1.165) is 27.9 Å². The first-order valence-electron chi connectivity index (χ1n) is 4.78. The summed E-state index contributed by atoms with van der Waals surface area (Å²) in [7, 11) is 1.91. The number of anilines is 2. The van der Waals surface area contributed by atoms with Gasteiger partial charge in [-0.05, 0) is 13.3 Å². The molecule has 0 fully saturated rings. The van der Waals surface area contributed by atoms with E-state index in [1.165, 1.54) is 0 Å². The van der Waals surface area contributed by atoms with Crippen molar-refractivity contribution in [3.8, 4) is 0 Å². The Bertz CT molecular complexity index is 459. The van der Waals surface area contributed by atoms with E-state index >= 15 is 0 Å². The van der Waals surface area contributed by atoms with Gasteiger partial charge in [-0.3, -0.25) is 4.68 Å². The molecule has 0 aliphatic carbocycles. The maximum absolute atomic E-state index is 4.34. The molecule has 2 aromatic heterocycles. The van der Waals surface area contributed by atoms with Gasteiger partial charge in [0.2, 0.25) is 5.13 Å². The van der Waals surface area contributed by atoms with Crippen molar-refractivity contribution in [3.05, 3.63) is 16.9 Å². The molecule has 0 spiro atoms. The third-order valence-electron chi connectivity index (χ3n) is 2.01. The highest BCUT2D eigenvalue weighted by molar-refractivity contribution is 7.15. The summed E-state index contributed by atoms with van der Waals surface area (Å²) in [5.74, 6) is 0. The summed E-state index contributed by atoms with van der Waals surface area (Å²) in [4.78, 5) is 0. The van der Waals surface area contributed by atoms with Crippen LogP contribution in [0.1, 0.15) is 17.6 Å². The zero-order valence-electron chi connectivity index (χ0n) is 8.98. The summed E-state index contributed by atoms with van der Waals surface area (Å²) in [6.45, 7) is 4.02. The lowest BCUT2D eigenvalue weighted by atomic mass is 10.3. The van der Waals surface area contributed by atoms with Crippen LogP contribution in [0, 0.1) is 6.92 Å². The average Bonchev–Trinajstić information content (AvgIpc) is 2.73. The normalized spacial score (nSPS) is 10.6. The van der Waals surface area contributed by atoms with Gasteiger partial charge in [-0.1, -0.05) is 18.3 Å². The smallest absolute Gasteiger partial charge is 0.210 e. The summed E-state index contributed by atoms with van der Waals surface area (Å²) in [6.07, 6.45) is 2.86. The van der Waals surface area contributed by atoms with Gasteiger partial charge in [0.1, 0.15) is 5.01 Å². The Morgan fingerprint density at radius 1 is 1.47 bits per heavy atom. The molecule has 0 aliphatic rings. The lowest BCUT2D eigenvalue weighted by molar-refractivity contribution is 0.746. The quantitative estimate of drug-likeness (QED) is 0.863. The zero-order valence-corrected chi connectivity index (χ0v) is 9.80. The molecule has 80 valence electrons. The van der Waals surface area contributed by atoms with Gasteiger partial charge in [0, 0.05) is 13.2 Å². The molecule has 0 saturated carbocycles. The van der Waals surface area contributed by atoms with Gasteiger partial charge >= 0.3 is 0 Å². The minimum Gasteiger partial charge on any atom is -0.327 e. The lowest BCUT2D eigenvalue weighted by Gasteiger charge is -1.98. The molecule has 0 atom stereocenters. The number of nitrogens with zero attached hydrogens (tertiary/aromatic N) is 4. The Kier molecular flexibility index (Phi) is 2.68. The second-order valence-electron chi connectivity index (χ2n) is 3.27. The molecule has 0 saturated heterocycles. The summed E-state index contributed by atoms with van der Waals surface area (Å²) in [5.41, 5.74) is 2.06. The summed E-state index contributed by atoms with van der Waals surface area (Å²) < 4.78 is 1.80. The van der Waals surface area contributed by atoms with Gasteiger partial charge in [-0.25, -0.2) is 0 Å². The van der Waals surface area contributed by atoms with Crippen LogP contribution in [0.25, 0.3) is 0 Å². The van der Waals surface area contributed by atoms with E-state index < -0.39 is 0 Å². The minimum atomic E-state index is 0.815. The molecule has 2 rings (SSSR count). The summed E-state index contributed by atoms with van der Waals surface area (Å²) in [5, 5.41) is 17.3. The average molecular weight is 223 g/mol. The molecule has 6 heteroatoms. The van der Waals surface area contributed by atoms with Crippen molar-refractivity contribution in [2.24, 2.45) is 7.05 Å². The molecule has 0 aromatic carbocycles. The second-order valence-corrected chi connectivity index (χ2v) is 4.45. The number of nitrogens with one attached hydrogen (secondary N) is 1. The van der Waals surface area contributed by atoms with Crippen molar-refractivity contribution in [3.63, 3.8) is 0 Å². The molecule has 0 radical (unpaired) electrons. The van der Waals surface area contributed by atoms with Crippen molar-refractivity contribution in [1.29, 1.82) is 0 Å². The van der Waals surface area contributed by atoms with Crippen LogP contribution in [0.3, 0.4) is 0 Å². The van der Waals surface area contributed by atoms with Crippen LogP contribution in [0.4, 0.5) is 10.8 Å². The van der Waals surface area contributed by atoms with Gasteiger partial charge in [0.25, 0.3) is 0 Å². The van der Waals surface area contributed by atoms with Crippen LogP contribution in [0.2, 0.25) is 0 Å². The number of hydrogen-bond donors (Lipinski definition) is 1. The third kappa shape index (κ3) is 2.15. The van der Waals surface area contributed by atoms with Gasteiger partial charge in [-0.2, -0.15) is 5.10 Å². The largest absolute Gasteiger partial charge is 0.327 e. The van der Waals surface area contributed by atoms with Crippen LogP contribution < -0.4 is 5.32 Å². The van der Waals surface area contributed by atoms with Crippen molar-refractivity contribution in [1.82, 2.24) is 20.0 Å². The van der Waals surface area contributed by atoms with Gasteiger partial charge in [0.05, 0.1) is 11.4 Å². The topological polar surface area (TPSA) is 55.6 Å². The fraction of sp³-hybridized carbons (Fsp3) is 0.444. The second kappa shape index (κ2) is 3.98. The monoisotopic (exact) mass is 223 g/mol. The molecule has 5 nitrogen and oxygen atoms in total. The first-order valence-corrected chi connectivity index (χ1v) is 5.60. The third-order valence-corrected chi connectivity index (χ3v) is 2.76. The molecule has 0 amide bonds. The Morgan fingerprint density at radius 2 is 2.27 bits per heavy atom. The van der Waals surface area contributed by atoms with Gasteiger partial charge in [-0.15, -0.1) is 10.2 Å². The van der Waals surface area contributed by atoms with E-state index in [2.05, 4.69) is 27.5 Å². The highest BCUT2D eigenvalue weighted by Crippen LogP contribution is 2.22. The molecule has 0 bridgehead atoms. The van der Waals surface area contributed by atoms with Crippen molar-refractivity contribution >= 4 is 22.2 Å². The highest BCUT2D eigenvalue weighted by Gasteiger charge is 2.07. The Balaban J connectivity index is 2.23. The standard InChI is InChI=1S/C9H13N5S/c1-4-7-8(5-14(3)13-7)10-9-12-11-6(2)15-9/h5H,4H2,1-3H3,(H,10,12). The fourth-order valence-electron chi connectivity index (χ4n) is 1.36. The molecule has 0 unspecified atom stereocenters. The van der Waals surface area contributed by atoms with Crippen LogP contribution in [-0.2, 0) is 13.5 Å². The Hall–Kier alpha value is -1.43. The maximum Gasteiger partial charge on any atom is 0.210 e. The predicted molar refractivity (Wildman–Crippen MR) is 60.5 cm³/mol. The highest BCUT2D eigenvalue weighted by atomic mass is 32.1. The molecule has 15 heavy (non-hydrogen) atoms. The number of hydrogen-bond acceptors (Lipinski definition) is 5. The molecule has 0 aliphatic heterocycles. The van der Waals surface area contributed by atoms with E-state index in [4.69, 9.17) is 0 Å². The Labute approximate surface area is 92.2 Å². The molecule has 1 N–H and O–H groups in total. The van der Waals surface area contributed by atoms with Crippen molar-refractivity contribution in [2.45, 2.75) is 20.3 Å². The van der Waals surface area contributed by atoms with E-state index in [1.54, 1.807) is 16.0 Å². The van der Waals surface area contributed by atoms with E-state index in [1.807, 2.05) is 20.2 Å². The number of aryl methyl sites for hydroxylation is 3. The van der Waals surface area contributed by atoms with Gasteiger partial charge in [0.15, 0.2) is 0 Å². The van der Waals surface area contributed by atoms with Crippen LogP contribution >= 0.6 is 11.3 Å². The SMILES string of the molecule is CCc1nn(C)cc1Nc1nnc(C)s1. The molecule has 2 aromatic rings. The first kappa shape index (κ1) is 10.1. The van der Waals surface area contributed by atoms with Crippen LogP contribution in [-0.4, -0.2) is 20.0 Å². The fourth-order valence-corrected chi connectivity index (χ4v) is 1.97. The molecular weight excluding hydrogens is 210 g/mol. The van der Waals surface area contributed by atoms with Crippen molar-refractivity contribution < 1.29 is 0 Å². The lowest BCUT2D eigenvalue weighted by Crippen LogP contribution is -1.92. The maximum atomic E-state index is 4.34. The van der Waals surface area contributed by atoms with Gasteiger partial charge < -0.3 is 5.32 Å². The summed E-state index contributed by atoms with van der Waals surface area (Å²) >= 11 is 1.54. The van der Waals surface area contributed by atoms with E-state index in [9.17, 15) is 0 Å². The first-order chi connectivity index (χ1) is 7.19. The summed E-state index contributed by atoms with van der Waals surface area (Å²) in [6, 6.07) is 0. The Morgan fingerprint density at radius 3 is 2.87 bits per heavy atom. The number of aromatic nitrogens is 4. The number of rotatable bonds is 3. The van der Waals surface area contributed by atoms with Crippen molar-refractivity contribution in [2.75, 3.05) is 5.32 Å². The van der Waals surface area contributed by atoms with Crippen LogP contribution in [0.15, 0.2) is 6.20 Å². The zero-order chi connectivity index (χ0) is 10.8. The molecular formula is C9H13N5S. The predicted octanol–water partition coefficient (Wildman–Crippen LogP) is 1.89. The molecule has 2 heterocycles. The van der Waals surface area contributed by atoms with E-state index in [-0.39, 0.29) is 0 Å². The van der Waals surface area contributed by atoms with E-state index in [0.29, 0.717) is 0 Å². The minimum absolute atomic E-state index is 0.815. The van der Waals surface area contributed by atoms with Crippen LogP contribution in [0.5, 0.6) is 0 Å².